The Kier molecular flexibility index (Phi) is 5.08. The highest BCUT2D eigenvalue weighted by Gasteiger charge is 2.29. The van der Waals surface area contributed by atoms with E-state index in [2.05, 4.69) is 4.98 Å². The highest BCUT2D eigenvalue weighted by molar-refractivity contribution is 5.94. The SMILES string of the molecule is COc1ccc(C(=O)N2CCCC2CCc2ccncc2)cc1F. The van der Waals surface area contributed by atoms with Crippen LogP contribution in [0.2, 0.25) is 0 Å². The van der Waals surface area contributed by atoms with Gasteiger partial charge in [0.15, 0.2) is 11.6 Å². The molecule has 0 saturated carbocycles. The van der Waals surface area contributed by atoms with Crippen molar-refractivity contribution in [2.24, 2.45) is 0 Å². The number of carbonyl (C=O) groups excluding carboxylic acids is 1. The molecular weight excluding hydrogens is 307 g/mol. The normalized spacial score (nSPS) is 17.1. The third-order valence-corrected chi connectivity index (χ3v) is 4.55. The van der Waals surface area contributed by atoms with E-state index in [4.69, 9.17) is 4.74 Å². The summed E-state index contributed by atoms with van der Waals surface area (Å²) in [5, 5.41) is 0. The molecule has 1 aromatic heterocycles. The number of nitrogens with zero attached hydrogens (tertiary/aromatic N) is 2. The maximum atomic E-state index is 13.9. The van der Waals surface area contributed by atoms with E-state index in [1.54, 1.807) is 18.5 Å². The second-order valence-electron chi connectivity index (χ2n) is 6.04. The third-order valence-electron chi connectivity index (χ3n) is 4.55. The molecule has 1 unspecified atom stereocenters. The largest absolute Gasteiger partial charge is 0.494 e. The summed E-state index contributed by atoms with van der Waals surface area (Å²) in [7, 11) is 1.41. The van der Waals surface area contributed by atoms with Crippen molar-refractivity contribution >= 4 is 5.91 Å². The molecule has 1 amide bonds. The molecule has 1 aromatic carbocycles. The van der Waals surface area contributed by atoms with Crippen molar-refractivity contribution in [2.45, 2.75) is 31.7 Å². The number of aromatic nitrogens is 1. The van der Waals surface area contributed by atoms with Gasteiger partial charge in [-0.3, -0.25) is 9.78 Å². The first kappa shape index (κ1) is 16.4. The van der Waals surface area contributed by atoms with E-state index in [9.17, 15) is 9.18 Å². The lowest BCUT2D eigenvalue weighted by Crippen LogP contribution is -2.35. The molecule has 2 heterocycles. The summed E-state index contributed by atoms with van der Waals surface area (Å²) in [5.74, 6) is -0.452. The molecule has 0 radical (unpaired) electrons. The number of hydrogen-bond acceptors (Lipinski definition) is 3. The van der Waals surface area contributed by atoms with E-state index in [1.807, 2.05) is 17.0 Å². The van der Waals surface area contributed by atoms with Gasteiger partial charge in [-0.25, -0.2) is 4.39 Å². The Morgan fingerprint density at radius 2 is 2.12 bits per heavy atom. The minimum atomic E-state index is -0.504. The highest BCUT2D eigenvalue weighted by Crippen LogP contribution is 2.25. The molecule has 1 aliphatic heterocycles. The Morgan fingerprint density at radius 3 is 2.83 bits per heavy atom. The van der Waals surface area contributed by atoms with Gasteiger partial charge in [-0.15, -0.1) is 0 Å². The molecule has 0 N–H and O–H groups in total. The molecule has 0 spiro atoms. The quantitative estimate of drug-likeness (QED) is 0.844. The molecule has 4 nitrogen and oxygen atoms in total. The van der Waals surface area contributed by atoms with Crippen LogP contribution in [-0.2, 0) is 6.42 Å². The predicted octanol–water partition coefficient (Wildman–Crippen LogP) is 3.47. The van der Waals surface area contributed by atoms with Crippen LogP contribution in [0.15, 0.2) is 42.7 Å². The summed E-state index contributed by atoms with van der Waals surface area (Å²) in [6.45, 7) is 0.730. The molecule has 3 rings (SSSR count). The van der Waals surface area contributed by atoms with E-state index in [1.165, 1.54) is 24.8 Å². The molecule has 2 aromatic rings. The maximum Gasteiger partial charge on any atom is 0.254 e. The number of ether oxygens (including phenoxy) is 1. The smallest absolute Gasteiger partial charge is 0.254 e. The molecular formula is C19H21FN2O2. The lowest BCUT2D eigenvalue weighted by molar-refractivity contribution is 0.0730. The van der Waals surface area contributed by atoms with E-state index in [-0.39, 0.29) is 17.7 Å². The van der Waals surface area contributed by atoms with Crippen molar-refractivity contribution in [3.8, 4) is 5.75 Å². The number of methoxy groups -OCH3 is 1. The van der Waals surface area contributed by atoms with Crippen LogP contribution in [-0.4, -0.2) is 35.5 Å². The molecule has 0 aliphatic carbocycles. The van der Waals surface area contributed by atoms with Gasteiger partial charge in [0.1, 0.15) is 0 Å². The topological polar surface area (TPSA) is 42.4 Å². The molecule has 5 heteroatoms. The van der Waals surface area contributed by atoms with Gasteiger partial charge < -0.3 is 9.64 Å². The molecule has 126 valence electrons. The zero-order valence-corrected chi connectivity index (χ0v) is 13.7. The van der Waals surface area contributed by atoms with E-state index in [0.29, 0.717) is 5.56 Å². The number of pyridine rings is 1. The Balaban J connectivity index is 1.68. The van der Waals surface area contributed by atoms with Crippen LogP contribution in [0.1, 0.15) is 35.2 Å². The van der Waals surface area contributed by atoms with Crippen molar-refractivity contribution in [1.82, 2.24) is 9.88 Å². The van der Waals surface area contributed by atoms with Crippen molar-refractivity contribution in [3.63, 3.8) is 0 Å². The van der Waals surface area contributed by atoms with Crippen molar-refractivity contribution in [2.75, 3.05) is 13.7 Å². The van der Waals surface area contributed by atoms with Gasteiger partial charge in [0.05, 0.1) is 7.11 Å². The Bertz CT molecular complexity index is 706. The lowest BCUT2D eigenvalue weighted by Gasteiger charge is -2.25. The fourth-order valence-corrected chi connectivity index (χ4v) is 3.25. The van der Waals surface area contributed by atoms with Crippen LogP contribution in [0.4, 0.5) is 4.39 Å². The fraction of sp³-hybridized carbons (Fsp3) is 0.368. The van der Waals surface area contributed by atoms with Crippen LogP contribution in [0.25, 0.3) is 0 Å². The number of amides is 1. The van der Waals surface area contributed by atoms with Gasteiger partial charge in [0, 0.05) is 30.5 Å². The van der Waals surface area contributed by atoms with Gasteiger partial charge in [-0.2, -0.15) is 0 Å². The van der Waals surface area contributed by atoms with Gasteiger partial charge in [-0.1, -0.05) is 0 Å². The Morgan fingerprint density at radius 1 is 1.33 bits per heavy atom. The number of likely N-dealkylation sites (tertiary alicyclic amines) is 1. The summed E-state index contributed by atoms with van der Waals surface area (Å²) < 4.78 is 18.8. The molecule has 1 fully saturated rings. The van der Waals surface area contributed by atoms with Crippen LogP contribution < -0.4 is 4.74 Å². The second kappa shape index (κ2) is 7.43. The molecule has 1 aliphatic rings. The van der Waals surface area contributed by atoms with Crippen molar-refractivity contribution in [3.05, 3.63) is 59.7 Å². The number of rotatable bonds is 5. The predicted molar refractivity (Wildman–Crippen MR) is 89.6 cm³/mol. The van der Waals surface area contributed by atoms with E-state index >= 15 is 0 Å². The Hall–Kier alpha value is -2.43. The summed E-state index contributed by atoms with van der Waals surface area (Å²) in [6.07, 6.45) is 7.38. The maximum absolute atomic E-state index is 13.9. The first-order chi connectivity index (χ1) is 11.7. The van der Waals surface area contributed by atoms with Crippen molar-refractivity contribution < 1.29 is 13.9 Å². The Labute approximate surface area is 141 Å². The zero-order chi connectivity index (χ0) is 16.9. The first-order valence-corrected chi connectivity index (χ1v) is 8.22. The minimum absolute atomic E-state index is 0.103. The van der Waals surface area contributed by atoms with Gasteiger partial charge in [0.2, 0.25) is 0 Å². The standard InChI is InChI=1S/C19H21FN2O2/c1-24-18-7-5-15(13-17(18)20)19(23)22-12-2-3-16(22)6-4-14-8-10-21-11-9-14/h5,7-11,13,16H,2-4,6,12H2,1H3. The summed E-state index contributed by atoms with van der Waals surface area (Å²) in [6, 6.07) is 8.60. The molecule has 1 saturated heterocycles. The van der Waals surface area contributed by atoms with E-state index < -0.39 is 5.82 Å². The summed E-state index contributed by atoms with van der Waals surface area (Å²) in [4.78, 5) is 18.6. The summed E-state index contributed by atoms with van der Waals surface area (Å²) >= 11 is 0. The van der Waals surface area contributed by atoms with Crippen molar-refractivity contribution in [1.29, 1.82) is 0 Å². The molecule has 0 bridgehead atoms. The zero-order valence-electron chi connectivity index (χ0n) is 13.7. The van der Waals surface area contributed by atoms with Crippen LogP contribution in [0.5, 0.6) is 5.75 Å². The monoisotopic (exact) mass is 328 g/mol. The van der Waals surface area contributed by atoms with Crippen LogP contribution in [0, 0.1) is 5.82 Å². The number of carbonyl (C=O) groups is 1. The number of halogens is 1. The molecule has 1 atom stereocenters. The first-order valence-electron chi connectivity index (χ1n) is 8.22. The highest BCUT2D eigenvalue weighted by atomic mass is 19.1. The van der Waals surface area contributed by atoms with E-state index in [0.717, 1.165) is 32.2 Å². The number of benzene rings is 1. The number of hydrogen-bond donors (Lipinski definition) is 0. The second-order valence-corrected chi connectivity index (χ2v) is 6.04. The number of aryl methyl sites for hydroxylation is 1. The van der Waals surface area contributed by atoms with Gasteiger partial charge in [-0.05, 0) is 61.6 Å². The van der Waals surface area contributed by atoms with Crippen LogP contribution in [0.3, 0.4) is 0 Å². The van der Waals surface area contributed by atoms with Gasteiger partial charge >= 0.3 is 0 Å². The summed E-state index contributed by atoms with van der Waals surface area (Å²) in [5.41, 5.74) is 1.60. The fourth-order valence-electron chi connectivity index (χ4n) is 3.25. The van der Waals surface area contributed by atoms with Crippen LogP contribution >= 0.6 is 0 Å². The lowest BCUT2D eigenvalue weighted by atomic mass is 10.0. The molecule has 24 heavy (non-hydrogen) atoms. The third kappa shape index (κ3) is 3.55. The average molecular weight is 328 g/mol. The van der Waals surface area contributed by atoms with Gasteiger partial charge in [0.25, 0.3) is 5.91 Å². The minimum Gasteiger partial charge on any atom is -0.494 e. The average Bonchev–Trinajstić information content (AvgIpc) is 3.08.